The monoisotopic (exact) mass is 475 g/mol. The van der Waals surface area contributed by atoms with Crippen molar-refractivity contribution in [2.75, 3.05) is 33.3 Å². The van der Waals surface area contributed by atoms with E-state index in [0.29, 0.717) is 23.6 Å². The Bertz CT molecular complexity index is 1290. The maximum absolute atomic E-state index is 13.4. The minimum absolute atomic E-state index is 0. The molecule has 2 aliphatic rings. The van der Waals surface area contributed by atoms with Crippen LogP contribution in [-0.2, 0) is 16.8 Å². The second kappa shape index (κ2) is 9.07. The lowest BCUT2D eigenvalue weighted by Crippen LogP contribution is -2.27. The molecule has 0 spiro atoms. The Morgan fingerprint density at radius 1 is 0.971 bits per heavy atom. The number of carbonyl (C=O) groups is 2. The fourth-order valence-electron chi connectivity index (χ4n) is 4.53. The average molecular weight is 476 g/mol. The lowest BCUT2D eigenvalue weighted by Gasteiger charge is -2.18. The topological polar surface area (TPSA) is 79.9 Å². The van der Waals surface area contributed by atoms with E-state index in [1.165, 1.54) is 0 Å². The number of fused-ring (bicyclic) bond motifs is 1. The zero-order chi connectivity index (χ0) is 24.6. The van der Waals surface area contributed by atoms with Crippen molar-refractivity contribution in [1.29, 1.82) is 0 Å². The van der Waals surface area contributed by atoms with Gasteiger partial charge in [-0.15, -0.1) is 0 Å². The summed E-state index contributed by atoms with van der Waals surface area (Å²) in [5.41, 5.74) is 4.89. The Kier molecular flexibility index (Phi) is 5.94. The number of amides is 2. The minimum Gasteiger partial charge on any atom is -0.454 e. The first-order valence-corrected chi connectivity index (χ1v) is 11.7. The highest BCUT2D eigenvalue weighted by atomic mass is 16.7. The molecule has 2 amide bonds. The van der Waals surface area contributed by atoms with Crippen molar-refractivity contribution in [2.24, 2.45) is 0 Å². The maximum Gasteiger partial charge on any atom is 0.253 e. The van der Waals surface area contributed by atoms with Crippen molar-refractivity contribution in [3.8, 4) is 22.6 Å². The molecule has 1 saturated carbocycles. The molecule has 0 aromatic heterocycles. The Labute approximate surface area is 208 Å². The average Bonchev–Trinajstić information content (AvgIpc) is 3.55. The van der Waals surface area contributed by atoms with Gasteiger partial charge in [0.15, 0.2) is 11.5 Å². The molecule has 5 rings (SSSR count). The highest BCUT2D eigenvalue weighted by Crippen LogP contribution is 2.51. The number of ether oxygens (including phenoxy) is 2. The van der Waals surface area contributed by atoms with Gasteiger partial charge >= 0.3 is 0 Å². The fourth-order valence-corrected chi connectivity index (χ4v) is 4.53. The highest BCUT2D eigenvalue weighted by molar-refractivity contribution is 6.02. The van der Waals surface area contributed by atoms with Gasteiger partial charge in [0.1, 0.15) is 0 Å². The van der Waals surface area contributed by atoms with Crippen LogP contribution in [0.3, 0.4) is 0 Å². The van der Waals surface area contributed by atoms with E-state index in [9.17, 15) is 9.59 Å². The van der Waals surface area contributed by atoms with E-state index < -0.39 is 5.41 Å². The van der Waals surface area contributed by atoms with E-state index in [4.69, 9.17) is 9.47 Å². The third-order valence-corrected chi connectivity index (χ3v) is 6.69. The molecule has 0 radical (unpaired) electrons. The lowest BCUT2D eigenvalue weighted by molar-refractivity contribution is -0.118. The summed E-state index contributed by atoms with van der Waals surface area (Å²) in [6.45, 7) is 0.896. The van der Waals surface area contributed by atoms with Crippen molar-refractivity contribution in [3.05, 3.63) is 77.4 Å². The van der Waals surface area contributed by atoms with Crippen molar-refractivity contribution in [2.45, 2.75) is 24.8 Å². The number of anilines is 1. The number of hydrogen-bond donors (Lipinski definition) is 2. The first-order chi connectivity index (χ1) is 16.9. The summed E-state index contributed by atoms with van der Waals surface area (Å²) >= 11 is 0. The van der Waals surface area contributed by atoms with Gasteiger partial charge in [0, 0.05) is 34.7 Å². The molecule has 7 heteroatoms. The highest BCUT2D eigenvalue weighted by Gasteiger charge is 2.51. The SMILES string of the molecule is CNCc1ccc(NC(=O)C2(c3ccc4c(c3)OCO4)CC2)cc1-c1ccc(C(=O)N(C)C)cc1.[HH].[HH]. The summed E-state index contributed by atoms with van der Waals surface area (Å²) in [4.78, 5) is 27.2. The molecule has 0 bridgehead atoms. The summed E-state index contributed by atoms with van der Waals surface area (Å²) in [7, 11) is 5.38. The Morgan fingerprint density at radius 3 is 2.40 bits per heavy atom. The zero-order valence-corrected chi connectivity index (χ0v) is 20.2. The van der Waals surface area contributed by atoms with Gasteiger partial charge < -0.3 is 25.0 Å². The number of nitrogens with zero attached hydrogens (tertiary/aromatic N) is 1. The summed E-state index contributed by atoms with van der Waals surface area (Å²) < 4.78 is 10.9. The third kappa shape index (κ3) is 4.35. The summed E-state index contributed by atoms with van der Waals surface area (Å²) in [6.07, 6.45) is 1.59. The number of hydrogen-bond acceptors (Lipinski definition) is 5. The van der Waals surface area contributed by atoms with Crippen LogP contribution in [0.15, 0.2) is 60.7 Å². The summed E-state index contributed by atoms with van der Waals surface area (Å²) in [5, 5.41) is 6.35. The van der Waals surface area contributed by atoms with E-state index >= 15 is 0 Å². The summed E-state index contributed by atoms with van der Waals surface area (Å²) in [5.74, 6) is 1.35. The molecule has 0 atom stereocenters. The van der Waals surface area contributed by atoms with Crippen LogP contribution in [0, 0.1) is 0 Å². The standard InChI is InChI=1S/C28H29N3O4.2H2/c1-29-16-20-8-10-22(15-23(20)18-4-6-19(7-5-18)26(32)31(2)3)30-27(33)28(12-13-28)21-9-11-24-25(14-21)35-17-34-24;;/h4-11,14-15,29H,12-13,16-17H2,1-3H3,(H,30,33);2*1H. The molecule has 1 aliphatic carbocycles. The zero-order valence-electron chi connectivity index (χ0n) is 20.2. The molecule has 184 valence electrons. The molecule has 1 fully saturated rings. The van der Waals surface area contributed by atoms with E-state index in [2.05, 4.69) is 10.6 Å². The van der Waals surface area contributed by atoms with Crippen molar-refractivity contribution >= 4 is 17.5 Å². The van der Waals surface area contributed by atoms with E-state index in [0.717, 1.165) is 40.8 Å². The van der Waals surface area contributed by atoms with Gasteiger partial charge in [-0.25, -0.2) is 0 Å². The van der Waals surface area contributed by atoms with E-state index in [1.54, 1.807) is 19.0 Å². The van der Waals surface area contributed by atoms with Crippen LogP contribution in [0.5, 0.6) is 11.5 Å². The van der Waals surface area contributed by atoms with Crippen molar-refractivity contribution < 1.29 is 21.9 Å². The first kappa shape index (κ1) is 22.9. The van der Waals surface area contributed by atoms with Gasteiger partial charge in [0.05, 0.1) is 5.41 Å². The number of carbonyl (C=O) groups excluding carboxylic acids is 2. The van der Waals surface area contributed by atoms with Gasteiger partial charge in [-0.3, -0.25) is 9.59 Å². The van der Waals surface area contributed by atoms with Crippen LogP contribution < -0.4 is 20.1 Å². The molecular weight excluding hydrogens is 442 g/mol. The Morgan fingerprint density at radius 2 is 1.71 bits per heavy atom. The first-order valence-electron chi connectivity index (χ1n) is 11.7. The van der Waals surface area contributed by atoms with Gasteiger partial charge in [0.2, 0.25) is 12.7 Å². The van der Waals surface area contributed by atoms with Gasteiger partial charge in [0.25, 0.3) is 5.91 Å². The van der Waals surface area contributed by atoms with Gasteiger partial charge in [-0.1, -0.05) is 24.3 Å². The quantitative estimate of drug-likeness (QED) is 0.519. The van der Waals surface area contributed by atoms with Crippen LogP contribution in [0.1, 0.15) is 37.2 Å². The van der Waals surface area contributed by atoms with E-state index in [-0.39, 0.29) is 21.5 Å². The molecule has 1 heterocycles. The third-order valence-electron chi connectivity index (χ3n) is 6.69. The van der Waals surface area contributed by atoms with Crippen LogP contribution in [-0.4, -0.2) is 44.7 Å². The summed E-state index contributed by atoms with van der Waals surface area (Å²) in [6, 6.07) is 19.3. The molecule has 0 unspecified atom stereocenters. The Balaban J connectivity index is 0.00000190. The maximum atomic E-state index is 13.4. The van der Waals surface area contributed by atoms with Crippen LogP contribution >= 0.6 is 0 Å². The largest absolute Gasteiger partial charge is 0.454 e. The predicted octanol–water partition coefficient (Wildman–Crippen LogP) is 4.67. The van der Waals surface area contributed by atoms with Crippen LogP contribution in [0.4, 0.5) is 5.69 Å². The van der Waals surface area contributed by atoms with Crippen LogP contribution in [0.2, 0.25) is 0 Å². The molecule has 3 aromatic rings. The van der Waals surface area contributed by atoms with Gasteiger partial charge in [-0.2, -0.15) is 0 Å². The molecule has 7 nitrogen and oxygen atoms in total. The number of nitrogens with one attached hydrogen (secondary N) is 2. The van der Waals surface area contributed by atoms with E-state index in [1.807, 2.05) is 67.7 Å². The van der Waals surface area contributed by atoms with Crippen molar-refractivity contribution in [1.82, 2.24) is 10.2 Å². The number of rotatable bonds is 7. The predicted molar refractivity (Wildman–Crippen MR) is 139 cm³/mol. The van der Waals surface area contributed by atoms with Crippen molar-refractivity contribution in [3.63, 3.8) is 0 Å². The second-order valence-corrected chi connectivity index (χ2v) is 9.28. The van der Waals surface area contributed by atoms with Crippen LogP contribution in [0.25, 0.3) is 11.1 Å². The fraction of sp³-hybridized carbons (Fsp3) is 0.286. The Hall–Kier alpha value is -3.84. The molecule has 3 aromatic carbocycles. The minimum atomic E-state index is -0.543. The lowest BCUT2D eigenvalue weighted by atomic mass is 9.94. The van der Waals surface area contributed by atoms with Gasteiger partial charge in [-0.05, 0) is 78.5 Å². The normalized spacial score (nSPS) is 14.9. The smallest absolute Gasteiger partial charge is 0.253 e. The molecular formula is C28H33N3O4. The molecule has 1 aliphatic heterocycles. The molecule has 35 heavy (non-hydrogen) atoms. The number of benzene rings is 3. The molecule has 0 saturated heterocycles. The second-order valence-electron chi connectivity index (χ2n) is 9.28. The molecule has 2 N–H and O–H groups in total.